The molecule has 66 valence electrons. The Bertz CT molecular complexity index is 221. The van der Waals surface area contributed by atoms with E-state index < -0.39 is 0 Å². The van der Waals surface area contributed by atoms with Crippen LogP contribution in [0.4, 0.5) is 0 Å². The fourth-order valence-corrected chi connectivity index (χ4v) is 1.39. The minimum Gasteiger partial charge on any atom is -0.314 e. The predicted molar refractivity (Wildman–Crippen MR) is 49.0 cm³/mol. The second-order valence-electron chi connectivity index (χ2n) is 2.91. The van der Waals surface area contributed by atoms with Crippen LogP contribution < -0.4 is 0 Å². The molecule has 0 heterocycles. The van der Waals surface area contributed by atoms with Gasteiger partial charge in [0.25, 0.3) is 0 Å². The Balaban J connectivity index is 2.80. The SMILES string of the molecule is CCC(c1ccccc1)N(C)O. The van der Waals surface area contributed by atoms with Crippen LogP contribution in [0.25, 0.3) is 0 Å². The molecule has 2 nitrogen and oxygen atoms in total. The number of nitrogens with zero attached hydrogens (tertiary/aromatic N) is 1. The van der Waals surface area contributed by atoms with E-state index in [1.807, 2.05) is 30.3 Å². The van der Waals surface area contributed by atoms with Gasteiger partial charge in [0.05, 0.1) is 6.04 Å². The first-order chi connectivity index (χ1) is 5.75. The Labute approximate surface area is 73.4 Å². The van der Waals surface area contributed by atoms with Crippen molar-refractivity contribution in [2.45, 2.75) is 19.4 Å². The van der Waals surface area contributed by atoms with E-state index >= 15 is 0 Å². The first kappa shape index (κ1) is 9.23. The first-order valence-corrected chi connectivity index (χ1v) is 4.22. The maximum atomic E-state index is 9.30. The number of hydrogen-bond donors (Lipinski definition) is 1. The van der Waals surface area contributed by atoms with Crippen molar-refractivity contribution in [1.29, 1.82) is 0 Å². The highest BCUT2D eigenvalue weighted by Gasteiger charge is 2.11. The zero-order valence-electron chi connectivity index (χ0n) is 7.57. The molecule has 1 N–H and O–H groups in total. The monoisotopic (exact) mass is 165 g/mol. The summed E-state index contributed by atoms with van der Waals surface area (Å²) in [6.45, 7) is 2.06. The van der Waals surface area contributed by atoms with Gasteiger partial charge in [0.2, 0.25) is 0 Å². The summed E-state index contributed by atoms with van der Waals surface area (Å²) in [6, 6.07) is 10.1. The average Bonchev–Trinajstić information content (AvgIpc) is 2.07. The van der Waals surface area contributed by atoms with Gasteiger partial charge in [-0.15, -0.1) is 0 Å². The second kappa shape index (κ2) is 4.24. The molecular weight excluding hydrogens is 150 g/mol. The number of benzene rings is 1. The molecule has 1 unspecified atom stereocenters. The minimum absolute atomic E-state index is 0.117. The lowest BCUT2D eigenvalue weighted by atomic mass is 10.1. The number of hydrogen-bond acceptors (Lipinski definition) is 2. The quantitative estimate of drug-likeness (QED) is 0.695. The van der Waals surface area contributed by atoms with Crippen molar-refractivity contribution in [3.63, 3.8) is 0 Å². The maximum Gasteiger partial charge on any atom is 0.0593 e. The molecule has 1 atom stereocenters. The standard InChI is InChI=1S/C10H15NO/c1-3-10(11(2)12)9-7-5-4-6-8-9/h4-8,10,12H,3H2,1-2H3. The molecule has 1 aromatic rings. The fraction of sp³-hybridized carbons (Fsp3) is 0.400. The lowest BCUT2D eigenvalue weighted by Crippen LogP contribution is -2.19. The molecule has 2 heteroatoms. The van der Waals surface area contributed by atoms with Crippen LogP contribution in [-0.2, 0) is 0 Å². The Morgan fingerprint density at radius 3 is 2.33 bits per heavy atom. The number of hydroxylamine groups is 2. The van der Waals surface area contributed by atoms with E-state index in [4.69, 9.17) is 0 Å². The van der Waals surface area contributed by atoms with E-state index in [2.05, 4.69) is 6.92 Å². The van der Waals surface area contributed by atoms with Gasteiger partial charge in [-0.1, -0.05) is 37.3 Å². The van der Waals surface area contributed by atoms with Crippen molar-refractivity contribution in [3.8, 4) is 0 Å². The van der Waals surface area contributed by atoms with Gasteiger partial charge in [-0.05, 0) is 12.0 Å². The van der Waals surface area contributed by atoms with Crippen molar-refractivity contribution < 1.29 is 5.21 Å². The summed E-state index contributed by atoms with van der Waals surface area (Å²) < 4.78 is 0. The van der Waals surface area contributed by atoms with Gasteiger partial charge in [-0.25, -0.2) is 0 Å². The van der Waals surface area contributed by atoms with E-state index in [-0.39, 0.29) is 6.04 Å². The first-order valence-electron chi connectivity index (χ1n) is 4.22. The zero-order chi connectivity index (χ0) is 8.97. The Morgan fingerprint density at radius 1 is 1.33 bits per heavy atom. The van der Waals surface area contributed by atoms with Crippen LogP contribution in [0.1, 0.15) is 24.9 Å². The van der Waals surface area contributed by atoms with E-state index in [1.54, 1.807) is 7.05 Å². The molecule has 0 aliphatic carbocycles. The Kier molecular flexibility index (Phi) is 3.26. The van der Waals surface area contributed by atoms with Gasteiger partial charge in [-0.2, -0.15) is 5.06 Å². The second-order valence-corrected chi connectivity index (χ2v) is 2.91. The van der Waals surface area contributed by atoms with Crippen LogP contribution in [0.2, 0.25) is 0 Å². The molecule has 0 spiro atoms. The van der Waals surface area contributed by atoms with Crippen LogP contribution >= 0.6 is 0 Å². The average molecular weight is 165 g/mol. The smallest absolute Gasteiger partial charge is 0.0593 e. The summed E-state index contributed by atoms with van der Waals surface area (Å²) >= 11 is 0. The van der Waals surface area contributed by atoms with Gasteiger partial charge in [0.15, 0.2) is 0 Å². The lowest BCUT2D eigenvalue weighted by Gasteiger charge is -2.20. The molecule has 1 rings (SSSR count). The molecule has 1 aromatic carbocycles. The summed E-state index contributed by atoms with van der Waals surface area (Å²) in [5.74, 6) is 0. The highest BCUT2D eigenvalue weighted by Crippen LogP contribution is 2.20. The maximum absolute atomic E-state index is 9.30. The van der Waals surface area contributed by atoms with Crippen LogP contribution in [0.5, 0.6) is 0 Å². The summed E-state index contributed by atoms with van der Waals surface area (Å²) in [5, 5.41) is 10.6. The van der Waals surface area contributed by atoms with E-state index in [9.17, 15) is 5.21 Å². The van der Waals surface area contributed by atoms with Gasteiger partial charge in [0, 0.05) is 7.05 Å². The van der Waals surface area contributed by atoms with E-state index in [0.717, 1.165) is 12.0 Å². The third-order valence-electron chi connectivity index (χ3n) is 2.02. The normalized spacial score (nSPS) is 13.3. The highest BCUT2D eigenvalue weighted by atomic mass is 16.5. The third-order valence-corrected chi connectivity index (χ3v) is 2.02. The topological polar surface area (TPSA) is 23.5 Å². The molecule has 0 aliphatic heterocycles. The fourth-order valence-electron chi connectivity index (χ4n) is 1.39. The van der Waals surface area contributed by atoms with Crippen LogP contribution in [-0.4, -0.2) is 17.3 Å². The van der Waals surface area contributed by atoms with Crippen LogP contribution in [0.15, 0.2) is 30.3 Å². The Hall–Kier alpha value is -0.860. The van der Waals surface area contributed by atoms with E-state index in [1.165, 1.54) is 5.06 Å². The lowest BCUT2D eigenvalue weighted by molar-refractivity contribution is -0.105. The van der Waals surface area contributed by atoms with Crippen molar-refractivity contribution >= 4 is 0 Å². The van der Waals surface area contributed by atoms with Gasteiger partial charge < -0.3 is 5.21 Å². The molecule has 12 heavy (non-hydrogen) atoms. The molecule has 0 amide bonds. The largest absolute Gasteiger partial charge is 0.314 e. The van der Waals surface area contributed by atoms with Gasteiger partial charge >= 0.3 is 0 Å². The van der Waals surface area contributed by atoms with Crippen molar-refractivity contribution in [2.75, 3.05) is 7.05 Å². The van der Waals surface area contributed by atoms with Crippen LogP contribution in [0.3, 0.4) is 0 Å². The summed E-state index contributed by atoms with van der Waals surface area (Å²) in [4.78, 5) is 0. The minimum atomic E-state index is 0.117. The molecule has 0 saturated heterocycles. The molecular formula is C10H15NO. The summed E-state index contributed by atoms with van der Waals surface area (Å²) in [7, 11) is 1.68. The zero-order valence-corrected chi connectivity index (χ0v) is 7.57. The van der Waals surface area contributed by atoms with E-state index in [0.29, 0.717) is 0 Å². The van der Waals surface area contributed by atoms with Crippen molar-refractivity contribution in [2.24, 2.45) is 0 Å². The summed E-state index contributed by atoms with van der Waals surface area (Å²) in [5.41, 5.74) is 1.16. The molecule has 0 aromatic heterocycles. The molecule has 0 radical (unpaired) electrons. The molecule has 0 saturated carbocycles. The van der Waals surface area contributed by atoms with Crippen LogP contribution in [0, 0.1) is 0 Å². The third kappa shape index (κ3) is 2.06. The van der Waals surface area contributed by atoms with Gasteiger partial charge in [-0.3, -0.25) is 0 Å². The predicted octanol–water partition coefficient (Wildman–Crippen LogP) is 2.46. The molecule has 0 aliphatic rings. The number of rotatable bonds is 3. The van der Waals surface area contributed by atoms with Gasteiger partial charge in [0.1, 0.15) is 0 Å². The van der Waals surface area contributed by atoms with Crippen molar-refractivity contribution in [3.05, 3.63) is 35.9 Å². The Morgan fingerprint density at radius 2 is 1.92 bits per heavy atom. The molecule has 0 bridgehead atoms. The van der Waals surface area contributed by atoms with Crippen molar-refractivity contribution in [1.82, 2.24) is 5.06 Å². The molecule has 0 fully saturated rings. The highest BCUT2D eigenvalue weighted by molar-refractivity contribution is 5.18. The summed E-state index contributed by atoms with van der Waals surface area (Å²) in [6.07, 6.45) is 0.914.